The summed E-state index contributed by atoms with van der Waals surface area (Å²) in [7, 11) is 0. The molecule has 0 aromatic heterocycles. The van der Waals surface area contributed by atoms with Gasteiger partial charge in [-0.1, -0.05) is 0 Å². The van der Waals surface area contributed by atoms with Crippen LogP contribution in [0.15, 0.2) is 0 Å². The number of nitrogens with one attached hydrogen (secondary N) is 1. The van der Waals surface area contributed by atoms with E-state index in [9.17, 15) is 14.4 Å². The van der Waals surface area contributed by atoms with E-state index in [0.29, 0.717) is 6.29 Å². The first-order valence-corrected chi connectivity index (χ1v) is 7.37. The third kappa shape index (κ3) is 6.54. The molecule has 0 aromatic rings. The van der Waals surface area contributed by atoms with Crippen molar-refractivity contribution in [2.24, 2.45) is 0 Å². The van der Waals surface area contributed by atoms with Crippen molar-refractivity contribution >= 4 is 18.3 Å². The van der Waals surface area contributed by atoms with Gasteiger partial charge in [0.25, 0.3) is 0 Å². The lowest BCUT2D eigenvalue weighted by atomic mass is 10.1. The van der Waals surface area contributed by atoms with Crippen molar-refractivity contribution in [2.45, 2.75) is 71.2 Å². The van der Waals surface area contributed by atoms with E-state index >= 15 is 0 Å². The van der Waals surface area contributed by atoms with Crippen LogP contribution in [0, 0.1) is 0 Å². The molecule has 23 heavy (non-hydrogen) atoms. The number of aldehydes is 1. The average molecular weight is 331 g/mol. The van der Waals surface area contributed by atoms with Crippen LogP contribution in [0.5, 0.6) is 0 Å². The zero-order valence-electron chi connectivity index (χ0n) is 14.4. The maximum absolute atomic E-state index is 12.0. The van der Waals surface area contributed by atoms with Gasteiger partial charge in [-0.2, -0.15) is 0 Å². The minimum atomic E-state index is -0.986. The van der Waals surface area contributed by atoms with Crippen LogP contribution < -0.4 is 5.32 Å². The van der Waals surface area contributed by atoms with E-state index in [1.54, 1.807) is 34.6 Å². The first kappa shape index (κ1) is 19.4. The Bertz CT molecular complexity index is 455. The molecule has 0 saturated carbocycles. The second kappa shape index (κ2) is 7.27. The topological polar surface area (TPSA) is 100 Å². The molecule has 1 aliphatic heterocycles. The minimum absolute atomic E-state index is 0.164. The SMILES string of the molecule is CC(=O)OC[C@@H](NC(=O)OC(C)(C)C)[C@H]1OC(C)(C)O[C@@H]1C=O. The molecule has 0 radical (unpaired) electrons. The van der Waals surface area contributed by atoms with E-state index in [1.807, 2.05) is 0 Å². The predicted octanol–water partition coefficient (Wildman–Crippen LogP) is 1.16. The Morgan fingerprint density at radius 2 is 1.91 bits per heavy atom. The Kier molecular flexibility index (Phi) is 6.12. The fourth-order valence-corrected chi connectivity index (χ4v) is 2.12. The molecular weight excluding hydrogens is 306 g/mol. The highest BCUT2D eigenvalue weighted by molar-refractivity contribution is 5.69. The molecule has 1 rings (SSSR count). The Balaban J connectivity index is 2.85. The molecule has 1 N–H and O–H groups in total. The summed E-state index contributed by atoms with van der Waals surface area (Å²) < 4.78 is 21.2. The van der Waals surface area contributed by atoms with Crippen molar-refractivity contribution in [3.8, 4) is 0 Å². The van der Waals surface area contributed by atoms with E-state index in [1.165, 1.54) is 6.92 Å². The lowest BCUT2D eigenvalue weighted by Crippen LogP contribution is -2.52. The van der Waals surface area contributed by atoms with E-state index in [0.717, 1.165) is 0 Å². The summed E-state index contributed by atoms with van der Waals surface area (Å²) in [6.07, 6.45) is -1.79. The van der Waals surface area contributed by atoms with Crippen LogP contribution in [-0.2, 0) is 28.5 Å². The highest BCUT2D eigenvalue weighted by Crippen LogP contribution is 2.29. The third-order valence-corrected chi connectivity index (χ3v) is 2.86. The van der Waals surface area contributed by atoms with Crippen molar-refractivity contribution in [1.29, 1.82) is 0 Å². The molecule has 0 bridgehead atoms. The molecule has 1 fully saturated rings. The van der Waals surface area contributed by atoms with Crippen molar-refractivity contribution in [2.75, 3.05) is 6.61 Å². The van der Waals surface area contributed by atoms with Gasteiger partial charge in [0.1, 0.15) is 24.4 Å². The summed E-state index contributed by atoms with van der Waals surface area (Å²) in [6.45, 7) is 9.56. The van der Waals surface area contributed by atoms with E-state index in [4.69, 9.17) is 18.9 Å². The normalized spacial score (nSPS) is 24.6. The van der Waals surface area contributed by atoms with E-state index < -0.39 is 41.7 Å². The van der Waals surface area contributed by atoms with Gasteiger partial charge in [0, 0.05) is 6.92 Å². The molecule has 1 saturated heterocycles. The van der Waals surface area contributed by atoms with Gasteiger partial charge in [-0.25, -0.2) is 4.79 Å². The van der Waals surface area contributed by atoms with Crippen LogP contribution in [0.25, 0.3) is 0 Å². The maximum Gasteiger partial charge on any atom is 0.408 e. The minimum Gasteiger partial charge on any atom is -0.464 e. The maximum atomic E-state index is 12.0. The second-order valence-corrected chi connectivity index (χ2v) is 6.76. The summed E-state index contributed by atoms with van der Waals surface area (Å²) in [5, 5.41) is 2.57. The molecule has 1 aliphatic rings. The highest BCUT2D eigenvalue weighted by atomic mass is 16.8. The molecule has 132 valence electrons. The second-order valence-electron chi connectivity index (χ2n) is 6.76. The lowest BCUT2D eigenvalue weighted by Gasteiger charge is -2.27. The molecule has 3 atom stereocenters. The average Bonchev–Trinajstić information content (AvgIpc) is 2.67. The van der Waals surface area contributed by atoms with Crippen LogP contribution in [-0.4, -0.2) is 54.6 Å². The zero-order valence-corrected chi connectivity index (χ0v) is 14.4. The summed E-state index contributed by atoms with van der Waals surface area (Å²) in [5.41, 5.74) is -0.688. The number of carbonyl (C=O) groups is 3. The molecule has 1 amide bonds. The summed E-state index contributed by atoms with van der Waals surface area (Å²) in [5.74, 6) is -1.50. The Morgan fingerprint density at radius 1 is 1.30 bits per heavy atom. The molecule has 0 aromatic carbocycles. The van der Waals surface area contributed by atoms with Crippen LogP contribution in [0.1, 0.15) is 41.5 Å². The van der Waals surface area contributed by atoms with Crippen LogP contribution in [0.4, 0.5) is 4.79 Å². The highest BCUT2D eigenvalue weighted by Gasteiger charge is 2.46. The monoisotopic (exact) mass is 331 g/mol. The fraction of sp³-hybridized carbons (Fsp3) is 0.800. The number of carbonyl (C=O) groups excluding carboxylic acids is 3. The van der Waals surface area contributed by atoms with Gasteiger partial charge in [-0.15, -0.1) is 0 Å². The third-order valence-electron chi connectivity index (χ3n) is 2.86. The van der Waals surface area contributed by atoms with Crippen LogP contribution in [0.3, 0.4) is 0 Å². The molecule has 8 heteroatoms. The molecular formula is C15H25NO7. The van der Waals surface area contributed by atoms with Crippen LogP contribution >= 0.6 is 0 Å². The summed E-state index contributed by atoms with van der Waals surface area (Å²) in [4.78, 5) is 34.2. The Morgan fingerprint density at radius 3 is 2.39 bits per heavy atom. The van der Waals surface area contributed by atoms with E-state index in [-0.39, 0.29) is 6.61 Å². The number of esters is 1. The fourth-order valence-electron chi connectivity index (χ4n) is 2.12. The predicted molar refractivity (Wildman–Crippen MR) is 79.7 cm³/mol. The quantitative estimate of drug-likeness (QED) is 0.596. The van der Waals surface area contributed by atoms with Crippen molar-refractivity contribution < 1.29 is 33.3 Å². The van der Waals surface area contributed by atoms with Gasteiger partial charge >= 0.3 is 12.1 Å². The lowest BCUT2D eigenvalue weighted by molar-refractivity contribution is -0.154. The van der Waals surface area contributed by atoms with Gasteiger partial charge in [-0.3, -0.25) is 4.79 Å². The van der Waals surface area contributed by atoms with Gasteiger partial charge in [0.15, 0.2) is 12.1 Å². The molecule has 8 nitrogen and oxygen atoms in total. The number of hydrogen-bond donors (Lipinski definition) is 1. The van der Waals surface area contributed by atoms with Gasteiger partial charge < -0.3 is 29.1 Å². The molecule has 0 spiro atoms. The van der Waals surface area contributed by atoms with Crippen molar-refractivity contribution in [3.05, 3.63) is 0 Å². The van der Waals surface area contributed by atoms with Gasteiger partial charge in [0.05, 0.1) is 6.04 Å². The Hall–Kier alpha value is -1.67. The number of amides is 1. The van der Waals surface area contributed by atoms with Crippen molar-refractivity contribution in [1.82, 2.24) is 5.32 Å². The van der Waals surface area contributed by atoms with E-state index in [2.05, 4.69) is 5.32 Å². The largest absolute Gasteiger partial charge is 0.464 e. The number of rotatable bonds is 5. The summed E-state index contributed by atoms with van der Waals surface area (Å²) >= 11 is 0. The zero-order chi connectivity index (χ0) is 17.8. The van der Waals surface area contributed by atoms with Crippen LogP contribution in [0.2, 0.25) is 0 Å². The number of alkyl carbamates (subject to hydrolysis) is 1. The number of ether oxygens (including phenoxy) is 4. The molecule has 0 aliphatic carbocycles. The molecule has 0 unspecified atom stereocenters. The standard InChI is InChI=1S/C15H25NO7/c1-9(18)20-8-10(16-13(19)23-14(2,3)4)12-11(7-17)21-15(5,6)22-12/h7,10-12H,8H2,1-6H3,(H,16,19)/t10-,11-,12-/m1/s1. The molecule has 1 heterocycles. The number of hydrogen-bond acceptors (Lipinski definition) is 7. The first-order valence-electron chi connectivity index (χ1n) is 7.37. The van der Waals surface area contributed by atoms with Gasteiger partial charge in [0.2, 0.25) is 0 Å². The van der Waals surface area contributed by atoms with Crippen molar-refractivity contribution in [3.63, 3.8) is 0 Å². The van der Waals surface area contributed by atoms with Gasteiger partial charge in [-0.05, 0) is 34.6 Å². The Labute approximate surface area is 135 Å². The smallest absolute Gasteiger partial charge is 0.408 e. The summed E-state index contributed by atoms with van der Waals surface area (Å²) in [6, 6.07) is -0.786. The first-order chi connectivity index (χ1) is 10.4.